The number of nitrogens with one attached hydrogen (secondary N) is 3. The van der Waals surface area contributed by atoms with Crippen molar-refractivity contribution in [2.45, 2.75) is 0 Å². The Kier molecular flexibility index (Phi) is 5.56. The van der Waals surface area contributed by atoms with E-state index in [2.05, 4.69) is 35.5 Å². The summed E-state index contributed by atoms with van der Waals surface area (Å²) in [6.45, 7) is 0. The number of hydrogen-bond acceptors (Lipinski definition) is 6. The quantitative estimate of drug-likeness (QED) is 0.252. The van der Waals surface area contributed by atoms with Crippen LogP contribution in [0.25, 0.3) is 56.0 Å². The maximum atomic E-state index is 13.5. The summed E-state index contributed by atoms with van der Waals surface area (Å²) in [5, 5.41) is 11.2. The third-order valence-corrected chi connectivity index (χ3v) is 6.52. The molecule has 0 aliphatic rings. The topological polar surface area (TPSA) is 125 Å². The maximum absolute atomic E-state index is 13.5. The van der Waals surface area contributed by atoms with Crippen molar-refractivity contribution in [1.82, 2.24) is 35.1 Å². The number of halogens is 1. The molecular formula is C30H19FN8O. The fourth-order valence-corrected chi connectivity index (χ4v) is 4.56. The molecule has 0 spiro atoms. The highest BCUT2D eigenvalue weighted by Crippen LogP contribution is 2.32. The van der Waals surface area contributed by atoms with E-state index in [1.807, 2.05) is 36.4 Å². The van der Waals surface area contributed by atoms with Gasteiger partial charge in [0.25, 0.3) is 5.91 Å². The number of carbonyl (C=O) groups excluding carboxylic acids is 1. The van der Waals surface area contributed by atoms with Crippen LogP contribution in [0.15, 0.2) is 97.6 Å². The number of hydrogen-bond donors (Lipinski definition) is 3. The molecule has 192 valence electrons. The largest absolute Gasteiger partial charge is 0.336 e. The van der Waals surface area contributed by atoms with Crippen molar-refractivity contribution < 1.29 is 9.18 Å². The number of imidazole rings is 1. The van der Waals surface area contributed by atoms with E-state index < -0.39 is 0 Å². The van der Waals surface area contributed by atoms with E-state index >= 15 is 0 Å². The first-order chi connectivity index (χ1) is 19.6. The average molecular weight is 527 g/mol. The molecule has 5 aromatic heterocycles. The lowest BCUT2D eigenvalue weighted by Gasteiger charge is -2.07. The molecule has 0 bridgehead atoms. The van der Waals surface area contributed by atoms with Gasteiger partial charge in [0, 0.05) is 34.5 Å². The van der Waals surface area contributed by atoms with E-state index in [-0.39, 0.29) is 11.7 Å². The fraction of sp³-hybridized carbons (Fsp3) is 0. The van der Waals surface area contributed by atoms with Gasteiger partial charge in [0.2, 0.25) is 0 Å². The third kappa shape index (κ3) is 4.23. The van der Waals surface area contributed by atoms with Gasteiger partial charge < -0.3 is 10.3 Å². The van der Waals surface area contributed by atoms with Crippen molar-refractivity contribution in [3.05, 3.63) is 109 Å². The van der Waals surface area contributed by atoms with Crippen molar-refractivity contribution in [1.29, 1.82) is 0 Å². The summed E-state index contributed by atoms with van der Waals surface area (Å²) in [6, 6.07) is 20.7. The average Bonchev–Trinajstić information content (AvgIpc) is 3.62. The van der Waals surface area contributed by atoms with Gasteiger partial charge in [-0.1, -0.05) is 18.2 Å². The van der Waals surface area contributed by atoms with Crippen molar-refractivity contribution in [2.24, 2.45) is 0 Å². The van der Waals surface area contributed by atoms with E-state index in [0.29, 0.717) is 39.7 Å². The number of nitrogens with zero attached hydrogens (tertiary/aromatic N) is 5. The number of fused-ring (bicyclic) bond motifs is 2. The summed E-state index contributed by atoms with van der Waals surface area (Å²) in [5.41, 5.74) is 6.67. The summed E-state index contributed by atoms with van der Waals surface area (Å²) in [7, 11) is 0. The molecule has 5 heterocycles. The number of amides is 1. The molecule has 0 radical (unpaired) electrons. The van der Waals surface area contributed by atoms with Gasteiger partial charge >= 0.3 is 0 Å². The molecule has 0 aliphatic carbocycles. The standard InChI is InChI=1S/C30H19FN8O/c31-20-8-6-17(7-9-20)26-28-23(10-11-33-26)36-29(37-28)27-22-13-24(34-16-25(22)38-39-27)19-12-21(15-32-14-19)35-30(40)18-4-2-1-3-5-18/h1-16H,(H,35,40)(H,36,37)(H,38,39). The summed E-state index contributed by atoms with van der Waals surface area (Å²) >= 11 is 0. The lowest BCUT2D eigenvalue weighted by atomic mass is 10.1. The second-order valence-electron chi connectivity index (χ2n) is 9.12. The van der Waals surface area contributed by atoms with E-state index in [1.165, 1.54) is 12.1 Å². The Bertz CT molecular complexity index is 2020. The third-order valence-electron chi connectivity index (χ3n) is 6.52. The minimum Gasteiger partial charge on any atom is -0.336 e. The first-order valence-electron chi connectivity index (χ1n) is 12.4. The number of anilines is 1. The van der Waals surface area contributed by atoms with Gasteiger partial charge in [-0.2, -0.15) is 5.10 Å². The second-order valence-corrected chi connectivity index (χ2v) is 9.12. The molecule has 2 aromatic carbocycles. The highest BCUT2D eigenvalue weighted by Gasteiger charge is 2.17. The Labute approximate surface area is 226 Å². The Morgan fingerprint density at radius 1 is 0.825 bits per heavy atom. The lowest BCUT2D eigenvalue weighted by molar-refractivity contribution is 0.102. The summed E-state index contributed by atoms with van der Waals surface area (Å²) in [5.74, 6) is 0.0154. The smallest absolute Gasteiger partial charge is 0.255 e. The molecule has 7 rings (SSSR count). The fourth-order valence-electron chi connectivity index (χ4n) is 4.56. The van der Waals surface area contributed by atoms with Crippen LogP contribution in [0.3, 0.4) is 0 Å². The van der Waals surface area contributed by atoms with Crippen LogP contribution in [0, 0.1) is 5.82 Å². The van der Waals surface area contributed by atoms with Crippen molar-refractivity contribution >= 4 is 33.5 Å². The lowest BCUT2D eigenvalue weighted by Crippen LogP contribution is -2.11. The molecule has 40 heavy (non-hydrogen) atoms. The summed E-state index contributed by atoms with van der Waals surface area (Å²) in [6.07, 6.45) is 6.66. The molecular weight excluding hydrogens is 507 g/mol. The molecule has 0 saturated heterocycles. The zero-order valence-electron chi connectivity index (χ0n) is 20.8. The first kappa shape index (κ1) is 23.4. The minimum atomic E-state index is -0.314. The van der Waals surface area contributed by atoms with Gasteiger partial charge in [0.15, 0.2) is 5.82 Å². The van der Waals surface area contributed by atoms with Crippen LogP contribution in [-0.2, 0) is 0 Å². The number of aromatic nitrogens is 7. The highest BCUT2D eigenvalue weighted by molar-refractivity contribution is 6.04. The van der Waals surface area contributed by atoms with Gasteiger partial charge in [0.1, 0.15) is 17.0 Å². The summed E-state index contributed by atoms with van der Waals surface area (Å²) < 4.78 is 13.5. The van der Waals surface area contributed by atoms with Gasteiger partial charge in [-0.05, 0) is 54.6 Å². The molecule has 0 unspecified atom stereocenters. The Morgan fingerprint density at radius 2 is 1.68 bits per heavy atom. The van der Waals surface area contributed by atoms with E-state index in [1.54, 1.807) is 49.1 Å². The molecule has 3 N–H and O–H groups in total. The Hall–Kier alpha value is -5.77. The predicted octanol–water partition coefficient (Wildman–Crippen LogP) is 6.02. The molecule has 1 amide bonds. The molecule has 0 fully saturated rings. The number of carbonyl (C=O) groups is 1. The second kappa shape index (κ2) is 9.52. The summed E-state index contributed by atoms with van der Waals surface area (Å²) in [4.78, 5) is 34.1. The Balaban J connectivity index is 1.25. The monoisotopic (exact) mass is 526 g/mol. The van der Waals surface area contributed by atoms with Crippen LogP contribution in [0.5, 0.6) is 0 Å². The molecule has 9 nitrogen and oxygen atoms in total. The van der Waals surface area contributed by atoms with E-state index in [9.17, 15) is 9.18 Å². The SMILES string of the molecule is O=C(Nc1cncc(-c2cc3c(-c4nc5c(-c6ccc(F)cc6)nccc5[nH]4)n[nH]c3cn2)c1)c1ccccc1. The Morgan fingerprint density at radius 3 is 2.52 bits per heavy atom. The number of benzene rings is 2. The van der Waals surface area contributed by atoms with Crippen LogP contribution in [0.2, 0.25) is 0 Å². The van der Waals surface area contributed by atoms with Crippen molar-refractivity contribution in [3.63, 3.8) is 0 Å². The number of aromatic amines is 2. The molecule has 10 heteroatoms. The zero-order chi connectivity index (χ0) is 27.1. The first-order valence-corrected chi connectivity index (χ1v) is 12.4. The normalized spacial score (nSPS) is 11.2. The number of rotatable bonds is 5. The van der Waals surface area contributed by atoms with Crippen molar-refractivity contribution in [2.75, 3.05) is 5.32 Å². The highest BCUT2D eigenvalue weighted by atomic mass is 19.1. The van der Waals surface area contributed by atoms with Gasteiger partial charge in [-0.3, -0.25) is 24.8 Å². The molecule has 0 atom stereocenters. The predicted molar refractivity (Wildman–Crippen MR) is 150 cm³/mol. The minimum absolute atomic E-state index is 0.223. The zero-order valence-corrected chi connectivity index (χ0v) is 20.8. The molecule has 0 saturated carbocycles. The van der Waals surface area contributed by atoms with Crippen LogP contribution in [-0.4, -0.2) is 41.0 Å². The van der Waals surface area contributed by atoms with Gasteiger partial charge in [-0.15, -0.1) is 0 Å². The van der Waals surface area contributed by atoms with Gasteiger partial charge in [-0.25, -0.2) is 9.37 Å². The van der Waals surface area contributed by atoms with Crippen LogP contribution in [0.4, 0.5) is 10.1 Å². The van der Waals surface area contributed by atoms with E-state index in [0.717, 1.165) is 27.5 Å². The number of H-pyrrole nitrogens is 2. The number of pyridine rings is 3. The maximum Gasteiger partial charge on any atom is 0.255 e. The van der Waals surface area contributed by atoms with E-state index in [4.69, 9.17) is 4.98 Å². The van der Waals surface area contributed by atoms with Crippen LogP contribution >= 0.6 is 0 Å². The van der Waals surface area contributed by atoms with Crippen molar-refractivity contribution in [3.8, 4) is 34.0 Å². The van der Waals surface area contributed by atoms with Gasteiger partial charge in [0.05, 0.1) is 40.5 Å². The molecule has 0 aliphatic heterocycles. The van der Waals surface area contributed by atoms with Crippen LogP contribution < -0.4 is 5.32 Å². The van der Waals surface area contributed by atoms with Crippen LogP contribution in [0.1, 0.15) is 10.4 Å². The molecule has 7 aromatic rings.